The first-order valence-electron chi connectivity index (χ1n) is 7.75. The van der Waals surface area contributed by atoms with Crippen molar-refractivity contribution in [1.82, 2.24) is 5.32 Å². The summed E-state index contributed by atoms with van der Waals surface area (Å²) >= 11 is 6.10. The second kappa shape index (κ2) is 8.66. The van der Waals surface area contributed by atoms with Gasteiger partial charge in [-0.2, -0.15) is 0 Å². The minimum atomic E-state index is -0.509. The molecule has 0 aliphatic rings. The van der Waals surface area contributed by atoms with Gasteiger partial charge in [0.1, 0.15) is 5.75 Å². The van der Waals surface area contributed by atoms with Gasteiger partial charge in [-0.1, -0.05) is 42.8 Å². The first-order valence-corrected chi connectivity index (χ1v) is 8.13. The third-order valence-corrected chi connectivity index (χ3v) is 3.89. The molecule has 1 atom stereocenters. The van der Waals surface area contributed by atoms with Crippen LogP contribution in [-0.2, 0) is 4.79 Å². The van der Waals surface area contributed by atoms with E-state index >= 15 is 0 Å². The maximum Gasteiger partial charge on any atom is 0.218 e. The monoisotopic (exact) mass is 350 g/mol. The van der Waals surface area contributed by atoms with Crippen LogP contribution in [0.2, 0.25) is 5.02 Å². The van der Waals surface area contributed by atoms with Gasteiger partial charge in [-0.25, -0.2) is 4.39 Å². The van der Waals surface area contributed by atoms with Crippen molar-refractivity contribution in [3.8, 4) is 11.5 Å². The summed E-state index contributed by atoms with van der Waals surface area (Å²) in [6, 6.07) is 11.9. The van der Waals surface area contributed by atoms with E-state index in [-0.39, 0.29) is 23.2 Å². The number of benzene rings is 2. The highest BCUT2D eigenvalue weighted by Crippen LogP contribution is 2.36. The molecule has 6 heteroatoms. The lowest BCUT2D eigenvalue weighted by Crippen LogP contribution is -2.26. The average Bonchev–Trinajstić information content (AvgIpc) is 2.57. The zero-order valence-electron chi connectivity index (χ0n) is 13.4. The van der Waals surface area contributed by atoms with Gasteiger partial charge >= 0.3 is 0 Å². The van der Waals surface area contributed by atoms with Crippen molar-refractivity contribution < 1.29 is 13.9 Å². The lowest BCUT2D eigenvalue weighted by molar-refractivity contribution is -0.117. The Balaban J connectivity index is 2.24. The Morgan fingerprint density at radius 3 is 2.62 bits per heavy atom. The maximum absolute atomic E-state index is 14.9. The third-order valence-electron chi connectivity index (χ3n) is 3.59. The first kappa shape index (κ1) is 18.2. The molecule has 0 aromatic heterocycles. The minimum Gasteiger partial charge on any atom is -0.453 e. The Kier molecular flexibility index (Phi) is 6.58. The fraction of sp³-hybridized carbons (Fsp3) is 0.278. The van der Waals surface area contributed by atoms with Gasteiger partial charge in [-0.3, -0.25) is 4.79 Å². The van der Waals surface area contributed by atoms with Crippen LogP contribution < -0.4 is 15.8 Å². The van der Waals surface area contributed by atoms with Crippen molar-refractivity contribution in [3.05, 3.63) is 58.9 Å². The Bertz CT molecular complexity index is 695. The SMILES string of the molecule is CCC(NCCC(N)=O)c1ccc(Cl)c(Oc2ccccc2)c1F. The molecule has 1 unspecified atom stereocenters. The number of hydrogen-bond donors (Lipinski definition) is 2. The van der Waals surface area contributed by atoms with E-state index in [0.717, 1.165) is 0 Å². The van der Waals surface area contributed by atoms with E-state index < -0.39 is 11.7 Å². The van der Waals surface area contributed by atoms with Crippen LogP contribution in [0.3, 0.4) is 0 Å². The van der Waals surface area contributed by atoms with Gasteiger partial charge in [-0.15, -0.1) is 0 Å². The molecule has 0 fully saturated rings. The second-order valence-electron chi connectivity index (χ2n) is 5.33. The summed E-state index contributed by atoms with van der Waals surface area (Å²) in [5.41, 5.74) is 5.57. The molecule has 3 N–H and O–H groups in total. The van der Waals surface area contributed by atoms with E-state index in [4.69, 9.17) is 22.1 Å². The van der Waals surface area contributed by atoms with Crippen LogP contribution in [0.1, 0.15) is 31.4 Å². The molecule has 0 radical (unpaired) electrons. The number of halogens is 2. The number of primary amides is 1. The molecular weight excluding hydrogens is 331 g/mol. The summed E-state index contributed by atoms with van der Waals surface area (Å²) in [6.07, 6.45) is 0.834. The number of nitrogens with two attached hydrogens (primary N) is 1. The van der Waals surface area contributed by atoms with Crippen molar-refractivity contribution in [2.24, 2.45) is 5.73 Å². The van der Waals surface area contributed by atoms with E-state index in [0.29, 0.717) is 24.3 Å². The molecule has 0 saturated carbocycles. The van der Waals surface area contributed by atoms with Gasteiger partial charge < -0.3 is 15.8 Å². The van der Waals surface area contributed by atoms with Crippen LogP contribution in [-0.4, -0.2) is 12.5 Å². The number of carbonyl (C=O) groups is 1. The van der Waals surface area contributed by atoms with Crippen molar-refractivity contribution in [1.29, 1.82) is 0 Å². The highest BCUT2D eigenvalue weighted by Gasteiger charge is 2.20. The Hall–Kier alpha value is -2.11. The smallest absolute Gasteiger partial charge is 0.218 e. The number of carbonyl (C=O) groups excluding carboxylic acids is 1. The molecule has 0 bridgehead atoms. The molecule has 128 valence electrons. The first-order chi connectivity index (χ1) is 11.5. The molecule has 0 spiro atoms. The van der Waals surface area contributed by atoms with Crippen LogP contribution in [0, 0.1) is 5.82 Å². The number of hydrogen-bond acceptors (Lipinski definition) is 3. The van der Waals surface area contributed by atoms with Gasteiger partial charge in [0.25, 0.3) is 0 Å². The summed E-state index contributed by atoms with van der Waals surface area (Å²) in [6.45, 7) is 2.30. The van der Waals surface area contributed by atoms with Gasteiger partial charge in [0, 0.05) is 24.6 Å². The molecule has 24 heavy (non-hydrogen) atoms. The third kappa shape index (κ3) is 4.69. The largest absolute Gasteiger partial charge is 0.453 e. The van der Waals surface area contributed by atoms with E-state index in [1.165, 1.54) is 0 Å². The van der Waals surface area contributed by atoms with Crippen molar-refractivity contribution in [2.45, 2.75) is 25.8 Å². The highest BCUT2D eigenvalue weighted by atomic mass is 35.5. The molecule has 0 heterocycles. The average molecular weight is 351 g/mol. The molecule has 1 amide bonds. The molecular formula is C18H20ClFN2O2. The van der Waals surface area contributed by atoms with Crippen molar-refractivity contribution in [3.63, 3.8) is 0 Å². The van der Waals surface area contributed by atoms with Crippen LogP contribution in [0.25, 0.3) is 0 Å². The zero-order chi connectivity index (χ0) is 17.5. The molecule has 4 nitrogen and oxygen atoms in total. The fourth-order valence-corrected chi connectivity index (χ4v) is 2.55. The quantitative estimate of drug-likeness (QED) is 0.750. The second-order valence-corrected chi connectivity index (χ2v) is 5.73. The number of ether oxygens (including phenoxy) is 1. The van der Waals surface area contributed by atoms with E-state index in [2.05, 4.69) is 5.32 Å². The normalized spacial score (nSPS) is 12.0. The Labute approximate surface area is 145 Å². The summed E-state index contributed by atoms with van der Waals surface area (Å²) in [4.78, 5) is 10.8. The van der Waals surface area contributed by atoms with Gasteiger partial charge in [-0.05, 0) is 24.6 Å². The van der Waals surface area contributed by atoms with E-state index in [1.54, 1.807) is 36.4 Å². The summed E-state index contributed by atoms with van der Waals surface area (Å²) in [7, 11) is 0. The van der Waals surface area contributed by atoms with Crippen LogP contribution in [0.5, 0.6) is 11.5 Å². The highest BCUT2D eigenvalue weighted by molar-refractivity contribution is 6.32. The Morgan fingerprint density at radius 2 is 2.00 bits per heavy atom. The van der Waals surface area contributed by atoms with Gasteiger partial charge in [0.05, 0.1) is 5.02 Å². The summed E-state index contributed by atoms with van der Waals surface area (Å²) < 4.78 is 20.5. The minimum absolute atomic E-state index is 0.00415. The lowest BCUT2D eigenvalue weighted by Gasteiger charge is -2.20. The van der Waals surface area contributed by atoms with E-state index in [9.17, 15) is 9.18 Å². The van der Waals surface area contributed by atoms with Crippen LogP contribution in [0.4, 0.5) is 4.39 Å². The summed E-state index contributed by atoms with van der Waals surface area (Å²) in [5, 5.41) is 3.33. The molecule has 0 aliphatic heterocycles. The molecule has 0 saturated heterocycles. The van der Waals surface area contributed by atoms with E-state index in [1.807, 2.05) is 13.0 Å². The Morgan fingerprint density at radius 1 is 1.29 bits per heavy atom. The van der Waals surface area contributed by atoms with Gasteiger partial charge in [0.15, 0.2) is 11.6 Å². The zero-order valence-corrected chi connectivity index (χ0v) is 14.1. The molecule has 2 aromatic carbocycles. The fourth-order valence-electron chi connectivity index (χ4n) is 2.36. The van der Waals surface area contributed by atoms with Crippen molar-refractivity contribution in [2.75, 3.05) is 6.54 Å². The number of para-hydroxylation sites is 1. The summed E-state index contributed by atoms with van der Waals surface area (Å²) in [5.74, 6) is -0.410. The van der Waals surface area contributed by atoms with Gasteiger partial charge in [0.2, 0.25) is 5.91 Å². The molecule has 2 rings (SSSR count). The maximum atomic E-state index is 14.9. The molecule has 0 aliphatic carbocycles. The number of nitrogens with one attached hydrogen (secondary N) is 1. The standard InChI is InChI=1S/C18H20ClFN2O2/c1-2-15(22-11-10-16(21)23)13-8-9-14(19)18(17(13)20)24-12-6-4-3-5-7-12/h3-9,15,22H,2,10-11H2,1H3,(H2,21,23). The predicted octanol–water partition coefficient (Wildman–Crippen LogP) is 4.19. The molecule has 2 aromatic rings. The van der Waals surface area contributed by atoms with Crippen molar-refractivity contribution >= 4 is 17.5 Å². The predicted molar refractivity (Wildman–Crippen MR) is 92.8 cm³/mol. The number of rotatable bonds is 8. The van der Waals surface area contributed by atoms with Crippen LogP contribution >= 0.6 is 11.6 Å². The lowest BCUT2D eigenvalue weighted by atomic mass is 10.0. The number of amides is 1. The topological polar surface area (TPSA) is 64.3 Å². The van der Waals surface area contributed by atoms with Crippen LogP contribution in [0.15, 0.2) is 42.5 Å².